The van der Waals surface area contributed by atoms with Gasteiger partial charge in [0.1, 0.15) is 11.6 Å². The molecule has 0 radical (unpaired) electrons. The standard InChI is InChI=1S/C27H34N6O/c1-19-6-4-8-23(14-19)24-16-25(30-27(29-24)33-9-5-7-21(33)3)31-10-12-32(13-11-31)26-20(2)15-22(18-34)17-28-26/h4,6,8,14-17,21,34H,5,7,9-13,18H2,1-3H3. The molecular weight excluding hydrogens is 424 g/mol. The van der Waals surface area contributed by atoms with E-state index in [1.54, 1.807) is 6.20 Å². The molecule has 2 aliphatic rings. The van der Waals surface area contributed by atoms with Crippen molar-refractivity contribution in [3.8, 4) is 11.3 Å². The zero-order valence-corrected chi connectivity index (χ0v) is 20.4. The lowest BCUT2D eigenvalue weighted by Gasteiger charge is -2.37. The molecule has 2 aliphatic heterocycles. The molecule has 2 saturated heterocycles. The average molecular weight is 459 g/mol. The molecule has 3 aromatic rings. The molecule has 2 fully saturated rings. The maximum Gasteiger partial charge on any atom is 0.228 e. The van der Waals surface area contributed by atoms with Crippen LogP contribution in [0.4, 0.5) is 17.6 Å². The molecule has 0 amide bonds. The number of aliphatic hydroxyl groups excluding tert-OH is 1. The second-order valence-electron chi connectivity index (χ2n) is 9.58. The lowest BCUT2D eigenvalue weighted by Crippen LogP contribution is -2.47. The molecule has 1 N–H and O–H groups in total. The minimum absolute atomic E-state index is 0.0247. The van der Waals surface area contributed by atoms with Gasteiger partial charge in [0.25, 0.3) is 0 Å². The maximum atomic E-state index is 9.39. The van der Waals surface area contributed by atoms with Gasteiger partial charge in [-0.15, -0.1) is 0 Å². The molecule has 0 spiro atoms. The summed E-state index contributed by atoms with van der Waals surface area (Å²) in [6.45, 7) is 11.0. The van der Waals surface area contributed by atoms with Gasteiger partial charge in [-0.25, -0.2) is 9.97 Å². The Morgan fingerprint density at radius 1 is 0.971 bits per heavy atom. The number of benzene rings is 1. The van der Waals surface area contributed by atoms with Crippen molar-refractivity contribution in [3.63, 3.8) is 0 Å². The summed E-state index contributed by atoms with van der Waals surface area (Å²) in [5.74, 6) is 2.85. The van der Waals surface area contributed by atoms with Crippen LogP contribution in [0.15, 0.2) is 42.6 Å². The number of nitrogens with zero attached hydrogens (tertiary/aromatic N) is 6. The van der Waals surface area contributed by atoms with Crippen LogP contribution in [0.25, 0.3) is 11.3 Å². The highest BCUT2D eigenvalue weighted by Crippen LogP contribution is 2.30. The van der Waals surface area contributed by atoms with Gasteiger partial charge in [0, 0.05) is 56.6 Å². The molecule has 178 valence electrons. The Morgan fingerprint density at radius 2 is 1.76 bits per heavy atom. The molecule has 0 aliphatic carbocycles. The summed E-state index contributed by atoms with van der Waals surface area (Å²) in [5.41, 5.74) is 5.32. The molecule has 7 nitrogen and oxygen atoms in total. The van der Waals surface area contributed by atoms with Crippen LogP contribution in [0.5, 0.6) is 0 Å². The van der Waals surface area contributed by atoms with Crippen LogP contribution in [0.2, 0.25) is 0 Å². The van der Waals surface area contributed by atoms with Crippen LogP contribution in [0.3, 0.4) is 0 Å². The first-order valence-corrected chi connectivity index (χ1v) is 12.3. The number of anilines is 3. The summed E-state index contributed by atoms with van der Waals surface area (Å²) in [5, 5.41) is 9.39. The monoisotopic (exact) mass is 458 g/mol. The highest BCUT2D eigenvalue weighted by atomic mass is 16.3. The van der Waals surface area contributed by atoms with E-state index < -0.39 is 0 Å². The summed E-state index contributed by atoms with van der Waals surface area (Å²) < 4.78 is 0. The highest BCUT2D eigenvalue weighted by Gasteiger charge is 2.26. The normalized spacial score (nSPS) is 18.6. The van der Waals surface area contributed by atoms with Gasteiger partial charge in [-0.1, -0.05) is 23.8 Å². The van der Waals surface area contributed by atoms with Gasteiger partial charge in [0.15, 0.2) is 0 Å². The number of hydrogen-bond donors (Lipinski definition) is 1. The molecule has 4 heterocycles. The fourth-order valence-corrected chi connectivity index (χ4v) is 5.09. The number of piperazine rings is 1. The van der Waals surface area contributed by atoms with Crippen molar-refractivity contribution in [2.24, 2.45) is 0 Å². The van der Waals surface area contributed by atoms with Crippen molar-refractivity contribution < 1.29 is 5.11 Å². The lowest BCUT2D eigenvalue weighted by molar-refractivity contribution is 0.281. The van der Waals surface area contributed by atoms with Crippen molar-refractivity contribution in [2.75, 3.05) is 47.4 Å². The van der Waals surface area contributed by atoms with Crippen LogP contribution in [0.1, 0.15) is 36.5 Å². The van der Waals surface area contributed by atoms with Gasteiger partial charge < -0.3 is 19.8 Å². The first-order chi connectivity index (χ1) is 16.5. The van der Waals surface area contributed by atoms with Crippen LogP contribution >= 0.6 is 0 Å². The van der Waals surface area contributed by atoms with E-state index in [4.69, 9.17) is 9.97 Å². The Balaban J connectivity index is 1.41. The molecule has 1 atom stereocenters. The molecule has 0 bridgehead atoms. The maximum absolute atomic E-state index is 9.39. The molecular formula is C27H34N6O. The SMILES string of the molecule is Cc1cccc(-c2cc(N3CCN(c4ncc(CO)cc4C)CC3)nc(N3CCCC3C)n2)c1. The van der Waals surface area contributed by atoms with Crippen LogP contribution in [0, 0.1) is 13.8 Å². The van der Waals surface area contributed by atoms with E-state index in [-0.39, 0.29) is 6.61 Å². The second-order valence-corrected chi connectivity index (χ2v) is 9.58. The van der Waals surface area contributed by atoms with E-state index in [1.165, 1.54) is 18.4 Å². The summed E-state index contributed by atoms with van der Waals surface area (Å²) in [6.07, 6.45) is 4.15. The van der Waals surface area contributed by atoms with Gasteiger partial charge >= 0.3 is 0 Å². The molecule has 34 heavy (non-hydrogen) atoms. The van der Waals surface area contributed by atoms with Crippen LogP contribution in [-0.2, 0) is 6.61 Å². The smallest absolute Gasteiger partial charge is 0.228 e. The largest absolute Gasteiger partial charge is 0.392 e. The molecule has 1 unspecified atom stereocenters. The highest BCUT2D eigenvalue weighted by molar-refractivity contribution is 5.66. The molecule has 5 rings (SSSR count). The van der Waals surface area contributed by atoms with Crippen molar-refractivity contribution in [1.82, 2.24) is 15.0 Å². The zero-order valence-electron chi connectivity index (χ0n) is 20.4. The number of aromatic nitrogens is 3. The van der Waals surface area contributed by atoms with Crippen molar-refractivity contribution >= 4 is 17.6 Å². The average Bonchev–Trinajstić information content (AvgIpc) is 3.29. The molecule has 2 aromatic heterocycles. The Hall–Kier alpha value is -3.19. The predicted molar refractivity (Wildman–Crippen MR) is 138 cm³/mol. The first-order valence-electron chi connectivity index (χ1n) is 12.3. The van der Waals surface area contributed by atoms with E-state index in [2.05, 4.69) is 70.8 Å². The third kappa shape index (κ3) is 4.57. The summed E-state index contributed by atoms with van der Waals surface area (Å²) in [7, 11) is 0. The Morgan fingerprint density at radius 3 is 2.44 bits per heavy atom. The third-order valence-corrected chi connectivity index (χ3v) is 7.02. The van der Waals surface area contributed by atoms with E-state index in [0.717, 1.165) is 72.7 Å². The van der Waals surface area contributed by atoms with Crippen LogP contribution < -0.4 is 14.7 Å². The Labute approximate surface area is 202 Å². The van der Waals surface area contributed by atoms with E-state index in [9.17, 15) is 5.11 Å². The van der Waals surface area contributed by atoms with Crippen molar-refractivity contribution in [3.05, 3.63) is 59.3 Å². The summed E-state index contributed by atoms with van der Waals surface area (Å²) >= 11 is 0. The minimum atomic E-state index is 0.0247. The number of rotatable bonds is 5. The van der Waals surface area contributed by atoms with Gasteiger partial charge in [0.2, 0.25) is 5.95 Å². The summed E-state index contributed by atoms with van der Waals surface area (Å²) in [6, 6.07) is 13.2. The fourth-order valence-electron chi connectivity index (χ4n) is 5.09. The van der Waals surface area contributed by atoms with Crippen molar-refractivity contribution in [2.45, 2.75) is 46.3 Å². The molecule has 1 aromatic carbocycles. The third-order valence-electron chi connectivity index (χ3n) is 7.02. The number of pyridine rings is 1. The van der Waals surface area contributed by atoms with Gasteiger partial charge in [-0.05, 0) is 56.9 Å². The quantitative estimate of drug-likeness (QED) is 0.621. The number of hydrogen-bond acceptors (Lipinski definition) is 7. The molecule has 0 saturated carbocycles. The number of aliphatic hydroxyl groups is 1. The second kappa shape index (κ2) is 9.58. The Bertz CT molecular complexity index is 1160. The van der Waals surface area contributed by atoms with Crippen LogP contribution in [-0.4, -0.2) is 58.8 Å². The zero-order chi connectivity index (χ0) is 23.7. The number of aryl methyl sites for hydroxylation is 2. The minimum Gasteiger partial charge on any atom is -0.392 e. The van der Waals surface area contributed by atoms with E-state index in [1.807, 2.05) is 6.07 Å². The lowest BCUT2D eigenvalue weighted by atomic mass is 10.1. The predicted octanol–water partition coefficient (Wildman–Crippen LogP) is 3.96. The molecule has 7 heteroatoms. The fraction of sp³-hybridized carbons (Fsp3) is 0.444. The van der Waals surface area contributed by atoms with Gasteiger partial charge in [-0.3, -0.25) is 0 Å². The van der Waals surface area contributed by atoms with Gasteiger partial charge in [-0.2, -0.15) is 4.98 Å². The van der Waals surface area contributed by atoms with E-state index >= 15 is 0 Å². The Kier molecular flexibility index (Phi) is 6.37. The van der Waals surface area contributed by atoms with Crippen molar-refractivity contribution in [1.29, 1.82) is 0 Å². The van der Waals surface area contributed by atoms with E-state index in [0.29, 0.717) is 6.04 Å². The topological polar surface area (TPSA) is 68.6 Å². The van der Waals surface area contributed by atoms with Gasteiger partial charge in [0.05, 0.1) is 12.3 Å². The summed E-state index contributed by atoms with van der Waals surface area (Å²) in [4.78, 5) is 21.7. The first kappa shape index (κ1) is 22.6.